The Morgan fingerprint density at radius 3 is 1.96 bits per heavy atom. The number of aliphatic hydroxyl groups is 2. The molecule has 0 saturated carbocycles. The molecule has 0 spiro atoms. The van der Waals surface area contributed by atoms with Gasteiger partial charge in [-0.15, -0.1) is 0 Å². The van der Waals surface area contributed by atoms with Crippen molar-refractivity contribution in [3.8, 4) is 0 Å². The maximum Gasteiger partial charge on any atom is 0.472 e. The van der Waals surface area contributed by atoms with E-state index in [1.165, 1.54) is 44.9 Å². The van der Waals surface area contributed by atoms with Crippen molar-refractivity contribution < 1.29 is 52.6 Å². The van der Waals surface area contributed by atoms with E-state index in [1.54, 1.807) is 12.2 Å². The fraction of sp³-hybridized carbons (Fsp3) is 0.811. The van der Waals surface area contributed by atoms with Gasteiger partial charge in [-0.1, -0.05) is 116 Å². The third-order valence-electron chi connectivity index (χ3n) is 8.13. The van der Waals surface area contributed by atoms with Gasteiger partial charge in [-0.2, -0.15) is 0 Å². The third-order valence-corrected chi connectivity index (χ3v) is 9.08. The quantitative estimate of drug-likeness (QED) is 0.0194. The molecule has 0 aromatic rings. The Morgan fingerprint density at radius 2 is 1.33 bits per heavy atom. The Labute approximate surface area is 295 Å². The lowest BCUT2D eigenvalue weighted by Crippen LogP contribution is -2.29. The zero-order valence-corrected chi connectivity index (χ0v) is 31.5. The highest BCUT2D eigenvalue weighted by Gasteiger charge is 2.27. The van der Waals surface area contributed by atoms with E-state index < -0.39 is 51.8 Å². The molecule has 49 heavy (non-hydrogen) atoms. The van der Waals surface area contributed by atoms with Crippen LogP contribution in [0, 0.1) is 5.92 Å². The average molecular weight is 719 g/mol. The van der Waals surface area contributed by atoms with E-state index in [-0.39, 0.29) is 25.2 Å². The van der Waals surface area contributed by atoms with Crippen LogP contribution in [0.5, 0.6) is 0 Å². The summed E-state index contributed by atoms with van der Waals surface area (Å²) in [5.41, 5.74) is 0. The summed E-state index contributed by atoms with van der Waals surface area (Å²) in [6.45, 7) is 4.42. The summed E-state index contributed by atoms with van der Waals surface area (Å²) in [4.78, 5) is 46.7. The molecule has 0 aliphatic rings. The van der Waals surface area contributed by atoms with Gasteiger partial charge in [-0.05, 0) is 44.1 Å². The number of ether oxygens (including phenoxy) is 2. The first-order chi connectivity index (χ1) is 23.5. The Hall–Kier alpha value is -1.88. The van der Waals surface area contributed by atoms with Crippen LogP contribution in [0.4, 0.5) is 0 Å². The molecule has 11 nitrogen and oxygen atoms in total. The van der Waals surface area contributed by atoms with Crippen LogP contribution in [-0.2, 0) is 37.5 Å². The smallest absolute Gasteiger partial charge is 0.462 e. The summed E-state index contributed by atoms with van der Waals surface area (Å²) in [5, 5.41) is 18.2. The molecular weight excluding hydrogens is 651 g/mol. The summed E-state index contributed by atoms with van der Waals surface area (Å²) in [5.74, 6) is -0.162. The third kappa shape index (κ3) is 31.8. The van der Waals surface area contributed by atoms with Gasteiger partial charge in [-0.25, -0.2) is 4.57 Å². The first-order valence-corrected chi connectivity index (χ1v) is 20.1. The second-order valence-electron chi connectivity index (χ2n) is 12.9. The highest BCUT2D eigenvalue weighted by molar-refractivity contribution is 7.47. The van der Waals surface area contributed by atoms with Crippen LogP contribution in [0.1, 0.15) is 149 Å². The molecule has 0 aromatic heterocycles. The summed E-state index contributed by atoms with van der Waals surface area (Å²) in [7, 11) is -4.63. The molecule has 0 bridgehead atoms. The Balaban J connectivity index is 4.47. The molecule has 0 amide bonds. The molecule has 0 saturated heterocycles. The minimum Gasteiger partial charge on any atom is -0.462 e. The molecule has 0 radical (unpaired) electrons. The van der Waals surface area contributed by atoms with Gasteiger partial charge < -0.3 is 24.6 Å². The molecule has 3 N–H and O–H groups in total. The van der Waals surface area contributed by atoms with Crippen LogP contribution in [0.3, 0.4) is 0 Å². The van der Waals surface area contributed by atoms with Crippen molar-refractivity contribution in [1.29, 1.82) is 0 Å². The van der Waals surface area contributed by atoms with E-state index >= 15 is 0 Å². The second kappa shape index (κ2) is 32.1. The summed E-state index contributed by atoms with van der Waals surface area (Å²) in [6, 6.07) is 0. The molecule has 0 aliphatic heterocycles. The van der Waals surface area contributed by atoms with Gasteiger partial charge in [0.2, 0.25) is 0 Å². The SMILES string of the molecule is CCCCC/C=C\C=C\C(=O)CCCCCCCC(=O)OC[C@H](COP(=O)(O)OC[C@@H](O)CO)OC(=O)CCCCCCCCC(C)CC. The van der Waals surface area contributed by atoms with Crippen molar-refractivity contribution in [3.63, 3.8) is 0 Å². The van der Waals surface area contributed by atoms with Crippen molar-refractivity contribution in [3.05, 3.63) is 24.3 Å². The summed E-state index contributed by atoms with van der Waals surface area (Å²) in [6.07, 6.45) is 22.8. The first kappa shape index (κ1) is 47.1. The highest BCUT2D eigenvalue weighted by atomic mass is 31.2. The maximum absolute atomic E-state index is 12.5. The predicted molar refractivity (Wildman–Crippen MR) is 192 cm³/mol. The molecule has 286 valence electrons. The number of hydrogen-bond donors (Lipinski definition) is 3. The zero-order chi connectivity index (χ0) is 36.6. The Kier molecular flexibility index (Phi) is 30.8. The molecule has 0 heterocycles. The van der Waals surface area contributed by atoms with Crippen molar-refractivity contribution in [2.24, 2.45) is 5.92 Å². The van der Waals surface area contributed by atoms with E-state index in [1.807, 2.05) is 6.08 Å². The lowest BCUT2D eigenvalue weighted by molar-refractivity contribution is -0.161. The minimum atomic E-state index is -4.63. The number of allylic oxidation sites excluding steroid dienone is 4. The number of unbranched alkanes of at least 4 members (excludes halogenated alkanes) is 12. The summed E-state index contributed by atoms with van der Waals surface area (Å²) >= 11 is 0. The number of esters is 2. The monoisotopic (exact) mass is 718 g/mol. The molecule has 0 fully saturated rings. The van der Waals surface area contributed by atoms with E-state index in [0.717, 1.165) is 57.3 Å². The van der Waals surface area contributed by atoms with Gasteiger partial charge in [0.05, 0.1) is 19.8 Å². The Morgan fingerprint density at radius 1 is 0.735 bits per heavy atom. The standard InChI is InChI=1S/C37H67O11P/c1-4-6-7-8-9-14-19-24-33(39)25-20-15-12-17-21-26-36(41)45-30-35(31-47-49(43,44)46-29-34(40)28-38)48-37(42)27-22-16-11-10-13-18-23-32(3)5-2/h9,14,19,24,32,34-35,38,40H,4-8,10-13,15-18,20-23,25-31H2,1-3H3,(H,43,44)/b14-9-,24-19+/t32?,34-,35+/m0/s1. The van der Waals surface area contributed by atoms with Crippen molar-refractivity contribution in [1.82, 2.24) is 0 Å². The van der Waals surface area contributed by atoms with E-state index in [4.69, 9.17) is 19.1 Å². The fourth-order valence-electron chi connectivity index (χ4n) is 4.77. The number of rotatable bonds is 34. The highest BCUT2D eigenvalue weighted by Crippen LogP contribution is 2.43. The summed E-state index contributed by atoms with van der Waals surface area (Å²) < 4.78 is 32.4. The number of phosphoric ester groups is 1. The number of carbonyl (C=O) groups excluding carboxylic acids is 3. The zero-order valence-electron chi connectivity index (χ0n) is 30.6. The lowest BCUT2D eigenvalue weighted by Gasteiger charge is -2.20. The molecule has 0 rings (SSSR count). The van der Waals surface area contributed by atoms with E-state index in [2.05, 4.69) is 31.4 Å². The van der Waals surface area contributed by atoms with E-state index in [9.17, 15) is 28.9 Å². The van der Waals surface area contributed by atoms with Gasteiger partial charge in [0.15, 0.2) is 11.9 Å². The van der Waals surface area contributed by atoms with Crippen molar-refractivity contribution >= 4 is 25.5 Å². The Bertz CT molecular complexity index is 953. The number of carbonyl (C=O) groups is 3. The first-order valence-electron chi connectivity index (χ1n) is 18.6. The van der Waals surface area contributed by atoms with Crippen LogP contribution >= 0.6 is 7.82 Å². The van der Waals surface area contributed by atoms with Gasteiger partial charge >= 0.3 is 19.8 Å². The van der Waals surface area contributed by atoms with E-state index in [0.29, 0.717) is 19.3 Å². The maximum atomic E-state index is 12.5. The van der Waals surface area contributed by atoms with Crippen LogP contribution in [0.2, 0.25) is 0 Å². The molecule has 4 atom stereocenters. The molecule has 0 aliphatic carbocycles. The molecule has 2 unspecified atom stereocenters. The largest absolute Gasteiger partial charge is 0.472 e. The van der Waals surface area contributed by atoms with Gasteiger partial charge in [0.25, 0.3) is 0 Å². The van der Waals surface area contributed by atoms with Crippen LogP contribution in [0.15, 0.2) is 24.3 Å². The molecule has 12 heteroatoms. The lowest BCUT2D eigenvalue weighted by atomic mass is 10.00. The van der Waals surface area contributed by atoms with Crippen molar-refractivity contribution in [2.75, 3.05) is 26.4 Å². The predicted octanol–water partition coefficient (Wildman–Crippen LogP) is 8.09. The fourth-order valence-corrected chi connectivity index (χ4v) is 5.56. The average Bonchev–Trinajstić information content (AvgIpc) is 3.08. The van der Waals surface area contributed by atoms with Crippen LogP contribution in [0.25, 0.3) is 0 Å². The molecule has 0 aromatic carbocycles. The second-order valence-corrected chi connectivity index (χ2v) is 14.3. The number of hydrogen-bond acceptors (Lipinski definition) is 10. The van der Waals surface area contributed by atoms with Gasteiger partial charge in [0, 0.05) is 19.3 Å². The van der Waals surface area contributed by atoms with Crippen molar-refractivity contribution in [2.45, 2.75) is 161 Å². The van der Waals surface area contributed by atoms with Crippen LogP contribution in [-0.4, -0.2) is 71.5 Å². The van der Waals surface area contributed by atoms with Crippen LogP contribution < -0.4 is 0 Å². The number of phosphoric acid groups is 1. The number of ketones is 1. The van der Waals surface area contributed by atoms with Gasteiger partial charge in [-0.3, -0.25) is 23.4 Å². The number of aliphatic hydroxyl groups excluding tert-OH is 2. The topological polar surface area (TPSA) is 166 Å². The molecular formula is C37H67O11P. The minimum absolute atomic E-state index is 0.107. The normalized spacial score (nSPS) is 14.9. The van der Waals surface area contributed by atoms with Gasteiger partial charge in [0.1, 0.15) is 12.7 Å².